The van der Waals surface area contributed by atoms with E-state index >= 15 is 0 Å². The zero-order chi connectivity index (χ0) is 15.2. The molecule has 0 unspecified atom stereocenters. The highest BCUT2D eigenvalue weighted by Crippen LogP contribution is 2.17. The Kier molecular flexibility index (Phi) is 5.71. The molecule has 0 radical (unpaired) electrons. The van der Waals surface area contributed by atoms with Crippen molar-refractivity contribution in [3.05, 3.63) is 22.7 Å². The van der Waals surface area contributed by atoms with Crippen LogP contribution in [0.25, 0.3) is 5.57 Å². The number of hydrogen-bond donors (Lipinski definition) is 1. The number of alkyl carbamates (subject to hydrolysis) is 1. The van der Waals surface area contributed by atoms with Crippen molar-refractivity contribution < 1.29 is 9.53 Å². The number of allylic oxidation sites excluding steroid dienone is 1. The molecule has 0 aliphatic rings. The Balaban J connectivity index is 2.28. The quantitative estimate of drug-likeness (QED) is 0.668. The van der Waals surface area contributed by atoms with Crippen LogP contribution in [-0.4, -0.2) is 23.2 Å². The lowest BCUT2D eigenvalue weighted by atomic mass is 10.2. The highest BCUT2D eigenvalue weighted by Gasteiger charge is 2.15. The van der Waals surface area contributed by atoms with Gasteiger partial charge in [-0.3, -0.25) is 0 Å². The first-order valence-electron chi connectivity index (χ1n) is 6.32. The van der Waals surface area contributed by atoms with E-state index in [1.54, 1.807) is 0 Å². The predicted octanol–water partition coefficient (Wildman–Crippen LogP) is 3.14. The van der Waals surface area contributed by atoms with Gasteiger partial charge < -0.3 is 10.1 Å². The van der Waals surface area contributed by atoms with Crippen LogP contribution in [0.1, 0.15) is 37.9 Å². The Bertz CT molecular complexity index is 523. The molecule has 0 aliphatic heterocycles. The van der Waals surface area contributed by atoms with Crippen molar-refractivity contribution in [1.82, 2.24) is 10.3 Å². The Morgan fingerprint density at radius 1 is 1.60 bits per heavy atom. The lowest BCUT2D eigenvalue weighted by Crippen LogP contribution is -2.33. The highest BCUT2D eigenvalue weighted by molar-refractivity contribution is 7.09. The summed E-state index contributed by atoms with van der Waals surface area (Å²) in [7, 11) is 0. The number of ether oxygens (including phenoxy) is 1. The fourth-order valence-electron chi connectivity index (χ4n) is 1.37. The van der Waals surface area contributed by atoms with Crippen LogP contribution in [0.15, 0.2) is 12.0 Å². The molecular formula is C14H19N3O2S. The molecule has 20 heavy (non-hydrogen) atoms. The van der Waals surface area contributed by atoms with Gasteiger partial charge in [0.2, 0.25) is 0 Å². The van der Waals surface area contributed by atoms with Gasteiger partial charge in [0.05, 0.1) is 16.3 Å². The molecule has 0 saturated carbocycles. The molecule has 0 spiro atoms. The van der Waals surface area contributed by atoms with E-state index in [1.807, 2.05) is 32.2 Å². The van der Waals surface area contributed by atoms with Gasteiger partial charge in [-0.2, -0.15) is 5.26 Å². The van der Waals surface area contributed by atoms with E-state index in [4.69, 9.17) is 10.00 Å². The molecular weight excluding hydrogens is 274 g/mol. The van der Waals surface area contributed by atoms with Gasteiger partial charge in [-0.25, -0.2) is 9.78 Å². The third-order valence-electron chi connectivity index (χ3n) is 2.23. The number of carbonyl (C=O) groups excluding carboxylic acids is 1. The van der Waals surface area contributed by atoms with E-state index in [-0.39, 0.29) is 0 Å². The molecule has 0 aromatic carbocycles. The van der Waals surface area contributed by atoms with Crippen molar-refractivity contribution in [2.24, 2.45) is 0 Å². The van der Waals surface area contributed by atoms with E-state index in [0.717, 1.165) is 17.8 Å². The topological polar surface area (TPSA) is 75.0 Å². The Labute approximate surface area is 123 Å². The summed E-state index contributed by atoms with van der Waals surface area (Å²) in [6, 6.07) is 1.97. The first-order chi connectivity index (χ1) is 9.31. The molecule has 0 aliphatic carbocycles. The average molecular weight is 293 g/mol. The van der Waals surface area contributed by atoms with E-state index in [0.29, 0.717) is 17.8 Å². The van der Waals surface area contributed by atoms with Crippen molar-refractivity contribution in [2.75, 3.05) is 6.54 Å². The number of nitrogens with zero attached hydrogens (tertiary/aromatic N) is 2. The zero-order valence-electron chi connectivity index (χ0n) is 12.0. The Morgan fingerprint density at radius 3 is 2.90 bits per heavy atom. The van der Waals surface area contributed by atoms with Gasteiger partial charge in [-0.15, -0.1) is 11.3 Å². The third-order valence-corrected chi connectivity index (χ3v) is 3.14. The largest absolute Gasteiger partial charge is 0.444 e. The standard InChI is InChI=1S/C14H19N3O2S/c1-10(8-15)11-9-20-12(17-11)6-5-7-16-13(18)19-14(2,3)4/h9H,1,5-7H2,2-4H3,(H,16,18). The Hall–Kier alpha value is -1.87. The summed E-state index contributed by atoms with van der Waals surface area (Å²) in [4.78, 5) is 15.7. The lowest BCUT2D eigenvalue weighted by molar-refractivity contribution is 0.0527. The van der Waals surface area contributed by atoms with E-state index < -0.39 is 11.7 Å². The smallest absolute Gasteiger partial charge is 0.407 e. The van der Waals surface area contributed by atoms with Gasteiger partial charge >= 0.3 is 6.09 Å². The van der Waals surface area contributed by atoms with Gasteiger partial charge in [0.15, 0.2) is 0 Å². The summed E-state index contributed by atoms with van der Waals surface area (Å²) < 4.78 is 5.13. The summed E-state index contributed by atoms with van der Waals surface area (Å²) in [5.74, 6) is 0. The lowest BCUT2D eigenvalue weighted by Gasteiger charge is -2.19. The summed E-state index contributed by atoms with van der Waals surface area (Å²) in [5.41, 5.74) is 0.526. The number of aryl methyl sites for hydroxylation is 1. The molecule has 1 amide bonds. The first-order valence-corrected chi connectivity index (χ1v) is 7.20. The number of aromatic nitrogens is 1. The molecule has 1 aromatic heterocycles. The second-order valence-corrected chi connectivity index (χ2v) is 6.19. The molecule has 6 heteroatoms. The van der Waals surface area contributed by atoms with Crippen LogP contribution in [-0.2, 0) is 11.2 Å². The predicted molar refractivity (Wildman–Crippen MR) is 79.3 cm³/mol. The maximum atomic E-state index is 11.4. The normalized spacial score (nSPS) is 10.7. The minimum atomic E-state index is -0.480. The molecule has 1 aromatic rings. The molecule has 0 bridgehead atoms. The molecule has 1 heterocycles. The number of rotatable bonds is 5. The van der Waals surface area contributed by atoms with Crippen molar-refractivity contribution in [3.8, 4) is 6.07 Å². The first kappa shape index (κ1) is 16.2. The van der Waals surface area contributed by atoms with E-state index in [9.17, 15) is 4.79 Å². The minimum Gasteiger partial charge on any atom is -0.444 e. The van der Waals surface area contributed by atoms with Gasteiger partial charge in [-0.05, 0) is 27.2 Å². The number of thiazole rings is 1. The zero-order valence-corrected chi connectivity index (χ0v) is 12.8. The van der Waals surface area contributed by atoms with Gasteiger partial charge in [0, 0.05) is 18.3 Å². The third kappa shape index (κ3) is 5.85. The fraction of sp³-hybridized carbons (Fsp3) is 0.500. The van der Waals surface area contributed by atoms with Crippen LogP contribution in [0, 0.1) is 11.3 Å². The second kappa shape index (κ2) is 7.06. The highest BCUT2D eigenvalue weighted by atomic mass is 32.1. The van der Waals surface area contributed by atoms with Gasteiger partial charge in [-0.1, -0.05) is 6.58 Å². The monoisotopic (exact) mass is 293 g/mol. The number of amides is 1. The molecule has 0 atom stereocenters. The summed E-state index contributed by atoms with van der Waals surface area (Å²) in [5, 5.41) is 14.2. The maximum Gasteiger partial charge on any atom is 0.407 e. The van der Waals surface area contributed by atoms with Crippen molar-refractivity contribution >= 4 is 23.0 Å². The maximum absolute atomic E-state index is 11.4. The van der Waals surface area contributed by atoms with Crippen LogP contribution in [0.2, 0.25) is 0 Å². The number of nitrogens with one attached hydrogen (secondary N) is 1. The van der Waals surface area contributed by atoms with Crippen molar-refractivity contribution in [3.63, 3.8) is 0 Å². The van der Waals surface area contributed by atoms with Crippen molar-refractivity contribution in [2.45, 2.75) is 39.2 Å². The number of nitriles is 1. The second-order valence-electron chi connectivity index (χ2n) is 5.25. The minimum absolute atomic E-state index is 0.374. The number of hydrogen-bond acceptors (Lipinski definition) is 5. The van der Waals surface area contributed by atoms with Crippen molar-refractivity contribution in [1.29, 1.82) is 5.26 Å². The average Bonchev–Trinajstić information content (AvgIpc) is 2.80. The Morgan fingerprint density at radius 2 is 2.30 bits per heavy atom. The SMILES string of the molecule is C=C(C#N)c1csc(CCCNC(=O)OC(C)(C)C)n1. The van der Waals surface area contributed by atoms with Crippen LogP contribution in [0.5, 0.6) is 0 Å². The van der Waals surface area contributed by atoms with Crippen LogP contribution < -0.4 is 5.32 Å². The summed E-state index contributed by atoms with van der Waals surface area (Å²) in [6.07, 6.45) is 1.11. The molecule has 1 rings (SSSR count). The summed E-state index contributed by atoms with van der Waals surface area (Å²) in [6.45, 7) is 9.63. The molecule has 108 valence electrons. The van der Waals surface area contributed by atoms with E-state index in [2.05, 4.69) is 16.9 Å². The molecule has 5 nitrogen and oxygen atoms in total. The fourth-order valence-corrected chi connectivity index (χ4v) is 2.22. The van der Waals surface area contributed by atoms with Gasteiger partial charge in [0.1, 0.15) is 11.7 Å². The summed E-state index contributed by atoms with van der Waals surface area (Å²) >= 11 is 1.50. The molecule has 0 fully saturated rings. The number of carbonyl (C=O) groups is 1. The van der Waals surface area contributed by atoms with Crippen LogP contribution >= 0.6 is 11.3 Å². The van der Waals surface area contributed by atoms with Gasteiger partial charge in [0.25, 0.3) is 0 Å². The van der Waals surface area contributed by atoms with Crippen LogP contribution in [0.4, 0.5) is 4.79 Å². The van der Waals surface area contributed by atoms with Crippen LogP contribution in [0.3, 0.4) is 0 Å². The van der Waals surface area contributed by atoms with E-state index in [1.165, 1.54) is 11.3 Å². The molecule has 0 saturated heterocycles. The molecule has 1 N–H and O–H groups in total.